The molecule has 1 aromatic heterocycles. The summed E-state index contributed by atoms with van der Waals surface area (Å²) < 4.78 is 11.2. The number of rotatable bonds is 8. The minimum atomic E-state index is -1.32. The number of benzene rings is 2. The summed E-state index contributed by atoms with van der Waals surface area (Å²) in [6.07, 6.45) is 1.72. The molecule has 2 atom stereocenters. The fourth-order valence-corrected chi connectivity index (χ4v) is 4.29. The van der Waals surface area contributed by atoms with Crippen LogP contribution in [0.2, 0.25) is 0 Å². The largest absolute Gasteiger partial charge is 0.503 e. The number of amides is 1. The number of fused-ring (bicyclic) bond motifs is 3. The molecule has 0 bridgehead atoms. The van der Waals surface area contributed by atoms with Crippen molar-refractivity contribution in [3.8, 4) is 22.6 Å². The molecular formula is C26H26N2O5. The van der Waals surface area contributed by atoms with E-state index in [-0.39, 0.29) is 35.8 Å². The molecule has 2 N–H and O–H groups in total. The molecule has 7 nitrogen and oxygen atoms in total. The summed E-state index contributed by atoms with van der Waals surface area (Å²) in [5.41, 5.74) is 3.16. The summed E-state index contributed by atoms with van der Waals surface area (Å²) in [6.45, 7) is 3.49. The number of carbonyl (C=O) groups excluding carboxylic acids is 2. The van der Waals surface area contributed by atoms with Crippen molar-refractivity contribution in [1.29, 1.82) is 0 Å². The summed E-state index contributed by atoms with van der Waals surface area (Å²) in [5.74, 6) is -0.965. The van der Waals surface area contributed by atoms with Gasteiger partial charge in [0, 0.05) is 18.2 Å². The van der Waals surface area contributed by atoms with Gasteiger partial charge in [0.25, 0.3) is 5.91 Å². The highest BCUT2D eigenvalue weighted by Gasteiger charge is 2.35. The molecule has 0 saturated heterocycles. The number of hydrogen-bond acceptors (Lipinski definition) is 6. The van der Waals surface area contributed by atoms with Gasteiger partial charge in [-0.1, -0.05) is 48.5 Å². The smallest absolute Gasteiger partial charge is 0.274 e. The Morgan fingerprint density at radius 2 is 1.76 bits per heavy atom. The molecule has 1 amide bonds. The SMILES string of the molecule is COc1ccnc(C(=O)N[C@@](C)(C=O)COC(C)C2c3ccccc3-c3ccccc32)c1O. The number of ether oxygens (including phenoxy) is 2. The molecule has 170 valence electrons. The highest BCUT2D eigenvalue weighted by atomic mass is 16.5. The molecule has 3 aromatic rings. The molecule has 1 heterocycles. The number of nitrogens with zero attached hydrogens (tertiary/aromatic N) is 1. The molecule has 1 aliphatic carbocycles. The normalized spacial score (nSPS) is 15.1. The number of aldehydes is 1. The van der Waals surface area contributed by atoms with E-state index in [0.717, 1.165) is 0 Å². The Kier molecular flexibility index (Phi) is 6.16. The zero-order chi connectivity index (χ0) is 23.6. The molecule has 0 aliphatic heterocycles. The molecule has 1 unspecified atom stereocenters. The van der Waals surface area contributed by atoms with Crippen LogP contribution in [0.4, 0.5) is 0 Å². The molecule has 0 saturated carbocycles. The predicted molar refractivity (Wildman–Crippen MR) is 124 cm³/mol. The Hall–Kier alpha value is -3.71. The molecular weight excluding hydrogens is 420 g/mol. The third-order valence-electron chi connectivity index (χ3n) is 5.98. The maximum Gasteiger partial charge on any atom is 0.274 e. The summed E-state index contributed by atoms with van der Waals surface area (Å²) >= 11 is 0. The monoisotopic (exact) mass is 446 g/mol. The number of nitrogens with one attached hydrogen (secondary N) is 1. The van der Waals surface area contributed by atoms with Crippen LogP contribution < -0.4 is 10.1 Å². The van der Waals surface area contributed by atoms with E-state index in [9.17, 15) is 14.7 Å². The van der Waals surface area contributed by atoms with Crippen molar-refractivity contribution >= 4 is 12.2 Å². The Balaban J connectivity index is 1.51. The van der Waals surface area contributed by atoms with Gasteiger partial charge in [0.05, 0.1) is 19.8 Å². The summed E-state index contributed by atoms with van der Waals surface area (Å²) in [4.78, 5) is 28.6. The maximum absolute atomic E-state index is 12.7. The van der Waals surface area contributed by atoms with E-state index in [0.29, 0.717) is 6.29 Å². The first-order valence-electron chi connectivity index (χ1n) is 10.7. The van der Waals surface area contributed by atoms with Crippen molar-refractivity contribution in [3.05, 3.63) is 77.6 Å². The molecule has 0 spiro atoms. The van der Waals surface area contributed by atoms with E-state index in [1.54, 1.807) is 6.92 Å². The van der Waals surface area contributed by atoms with Gasteiger partial charge in [0.1, 0.15) is 11.8 Å². The number of pyridine rings is 1. The van der Waals surface area contributed by atoms with E-state index < -0.39 is 11.4 Å². The first-order valence-corrected chi connectivity index (χ1v) is 10.7. The van der Waals surface area contributed by atoms with Crippen molar-refractivity contribution in [1.82, 2.24) is 10.3 Å². The Bertz CT molecular complexity index is 1150. The van der Waals surface area contributed by atoms with Gasteiger partial charge < -0.3 is 24.7 Å². The highest BCUT2D eigenvalue weighted by molar-refractivity contribution is 5.97. The summed E-state index contributed by atoms with van der Waals surface area (Å²) in [6, 6.07) is 17.9. The van der Waals surface area contributed by atoms with Gasteiger partial charge in [-0.15, -0.1) is 0 Å². The fraction of sp³-hybridized carbons (Fsp3) is 0.269. The zero-order valence-electron chi connectivity index (χ0n) is 18.7. The van der Waals surface area contributed by atoms with E-state index in [1.165, 1.54) is 41.6 Å². The second kappa shape index (κ2) is 9.03. The van der Waals surface area contributed by atoms with Gasteiger partial charge in [-0.2, -0.15) is 0 Å². The molecule has 2 aromatic carbocycles. The third kappa shape index (κ3) is 4.19. The second-order valence-electron chi connectivity index (χ2n) is 8.37. The minimum absolute atomic E-state index is 0.00750. The summed E-state index contributed by atoms with van der Waals surface area (Å²) in [5, 5.41) is 12.8. The van der Waals surface area contributed by atoms with Crippen LogP contribution >= 0.6 is 0 Å². The van der Waals surface area contributed by atoms with E-state index in [2.05, 4.69) is 34.6 Å². The second-order valence-corrected chi connectivity index (χ2v) is 8.37. The quantitative estimate of drug-likeness (QED) is 0.512. The van der Waals surface area contributed by atoms with Crippen molar-refractivity contribution in [3.63, 3.8) is 0 Å². The Morgan fingerprint density at radius 3 is 2.33 bits per heavy atom. The highest BCUT2D eigenvalue weighted by Crippen LogP contribution is 2.46. The topological polar surface area (TPSA) is 97.8 Å². The van der Waals surface area contributed by atoms with E-state index in [1.807, 2.05) is 31.2 Å². The molecule has 0 radical (unpaired) electrons. The van der Waals surface area contributed by atoms with Crippen molar-refractivity contribution in [2.45, 2.75) is 31.4 Å². The van der Waals surface area contributed by atoms with Gasteiger partial charge >= 0.3 is 0 Å². The average molecular weight is 447 g/mol. The lowest BCUT2D eigenvalue weighted by molar-refractivity contribution is -0.115. The molecule has 4 rings (SSSR count). The van der Waals surface area contributed by atoms with Crippen LogP contribution in [0.15, 0.2) is 60.8 Å². The third-order valence-corrected chi connectivity index (χ3v) is 5.98. The van der Waals surface area contributed by atoms with Crippen LogP contribution in [0, 0.1) is 0 Å². The standard InChI is InChI=1S/C26H26N2O5/c1-16(22-19-10-6-4-8-17(19)18-9-5-7-11-20(18)22)33-15-26(2,14-29)28-25(31)23-24(30)21(32-3)12-13-27-23/h4-14,16,22,30H,15H2,1-3H3,(H,28,31)/t16?,26-/m0/s1. The van der Waals surface area contributed by atoms with Gasteiger partial charge in [0.2, 0.25) is 0 Å². The number of aromatic hydroxyl groups is 1. The number of methoxy groups -OCH3 is 1. The molecule has 1 aliphatic rings. The number of aromatic nitrogens is 1. The van der Waals surface area contributed by atoms with Crippen molar-refractivity contribution in [2.75, 3.05) is 13.7 Å². The molecule has 0 fully saturated rings. The van der Waals surface area contributed by atoms with Crippen LogP contribution in [-0.4, -0.2) is 47.6 Å². The van der Waals surface area contributed by atoms with Gasteiger partial charge in [-0.05, 0) is 36.1 Å². The van der Waals surface area contributed by atoms with Gasteiger partial charge in [-0.3, -0.25) is 4.79 Å². The fourth-order valence-electron chi connectivity index (χ4n) is 4.29. The van der Waals surface area contributed by atoms with E-state index in [4.69, 9.17) is 9.47 Å². The van der Waals surface area contributed by atoms with Crippen LogP contribution in [0.5, 0.6) is 11.5 Å². The number of carbonyl (C=O) groups is 2. The molecule has 33 heavy (non-hydrogen) atoms. The summed E-state index contributed by atoms with van der Waals surface area (Å²) in [7, 11) is 1.38. The molecule has 7 heteroatoms. The first kappa shape index (κ1) is 22.5. The van der Waals surface area contributed by atoms with Crippen LogP contribution in [0.1, 0.15) is 41.4 Å². The number of hydrogen-bond donors (Lipinski definition) is 2. The van der Waals surface area contributed by atoms with Crippen LogP contribution in [0.3, 0.4) is 0 Å². The van der Waals surface area contributed by atoms with Gasteiger partial charge in [0.15, 0.2) is 17.2 Å². The van der Waals surface area contributed by atoms with Crippen molar-refractivity contribution < 1.29 is 24.2 Å². The van der Waals surface area contributed by atoms with Crippen LogP contribution in [-0.2, 0) is 9.53 Å². The lowest BCUT2D eigenvalue weighted by Gasteiger charge is -2.29. The minimum Gasteiger partial charge on any atom is -0.503 e. The van der Waals surface area contributed by atoms with Crippen LogP contribution in [0.25, 0.3) is 11.1 Å². The lowest BCUT2D eigenvalue weighted by Crippen LogP contribution is -2.51. The Morgan fingerprint density at radius 1 is 1.15 bits per heavy atom. The lowest BCUT2D eigenvalue weighted by atomic mass is 9.92. The maximum atomic E-state index is 12.7. The predicted octanol–water partition coefficient (Wildman–Crippen LogP) is 3.70. The Labute approximate surface area is 192 Å². The van der Waals surface area contributed by atoms with Gasteiger partial charge in [-0.25, -0.2) is 4.98 Å². The van der Waals surface area contributed by atoms with Crippen molar-refractivity contribution in [2.24, 2.45) is 0 Å². The first-order chi connectivity index (χ1) is 15.9. The average Bonchev–Trinajstić information content (AvgIpc) is 3.17. The van der Waals surface area contributed by atoms with E-state index >= 15 is 0 Å². The zero-order valence-corrected chi connectivity index (χ0v) is 18.7.